The van der Waals surface area contributed by atoms with Crippen LogP contribution in [0.25, 0.3) is 0 Å². The molecule has 70 valence electrons. The number of nitrogens with zero attached hydrogens (tertiary/aromatic N) is 1. The van der Waals surface area contributed by atoms with E-state index >= 15 is 0 Å². The predicted molar refractivity (Wildman–Crippen MR) is 51.6 cm³/mol. The smallest absolute Gasteiger partial charge is 0.110 e. The van der Waals surface area contributed by atoms with Crippen LogP contribution in [0.3, 0.4) is 0 Å². The molecule has 0 saturated heterocycles. The van der Waals surface area contributed by atoms with Crippen molar-refractivity contribution in [1.29, 1.82) is 0 Å². The molecule has 0 atom stereocenters. The molecule has 1 aromatic carbocycles. The zero-order valence-electron chi connectivity index (χ0n) is 7.28. The Balaban J connectivity index is 2.79. The van der Waals surface area contributed by atoms with E-state index in [2.05, 4.69) is 10.7 Å². The van der Waals surface area contributed by atoms with Crippen molar-refractivity contribution in [3.05, 3.63) is 23.1 Å². The fourth-order valence-electron chi connectivity index (χ4n) is 0.850. The summed E-state index contributed by atoms with van der Waals surface area (Å²) in [5, 5.41) is 2.75. The van der Waals surface area contributed by atoms with Crippen molar-refractivity contribution in [3.63, 3.8) is 0 Å². The van der Waals surface area contributed by atoms with Gasteiger partial charge in [-0.15, -0.1) is 4.91 Å². The summed E-state index contributed by atoms with van der Waals surface area (Å²) in [6.45, 7) is 2.39. The van der Waals surface area contributed by atoms with Crippen LogP contribution in [-0.2, 0) is 4.84 Å². The molecule has 0 unspecified atom stereocenters. The van der Waals surface area contributed by atoms with Gasteiger partial charge in [-0.3, -0.25) is 10.3 Å². The molecule has 0 bridgehead atoms. The third kappa shape index (κ3) is 2.41. The Bertz CT molecular complexity index is 301. The minimum absolute atomic E-state index is 0.305. The molecular formula is C8H11N3O2. The average molecular weight is 181 g/mol. The molecule has 13 heavy (non-hydrogen) atoms. The normalized spacial score (nSPS) is 9.62. The number of nitroso groups, excluding NO2 is 1. The van der Waals surface area contributed by atoms with Gasteiger partial charge in [-0.25, -0.2) is 0 Å². The summed E-state index contributed by atoms with van der Waals surface area (Å²) >= 11 is 0. The van der Waals surface area contributed by atoms with Gasteiger partial charge in [-0.2, -0.15) is 0 Å². The molecule has 0 amide bonds. The van der Waals surface area contributed by atoms with Gasteiger partial charge in [0.2, 0.25) is 0 Å². The molecular weight excluding hydrogens is 170 g/mol. The molecule has 0 aliphatic rings. The van der Waals surface area contributed by atoms with Crippen LogP contribution in [0.2, 0.25) is 0 Å². The van der Waals surface area contributed by atoms with Crippen LogP contribution < -0.4 is 11.2 Å². The maximum absolute atomic E-state index is 10.1. The first-order chi connectivity index (χ1) is 6.27. The molecule has 0 aliphatic carbocycles. The minimum atomic E-state index is 0.305. The number of benzene rings is 1. The van der Waals surface area contributed by atoms with E-state index in [0.29, 0.717) is 23.7 Å². The van der Waals surface area contributed by atoms with Crippen LogP contribution in [0, 0.1) is 4.91 Å². The number of rotatable bonds is 4. The standard InChI is InChI=1S/C8H11N3O2/c1-2-13-11-8-4-3-6(10-12)5-7(8)9/h3-5,11H,2,9H2,1H3. The van der Waals surface area contributed by atoms with Crippen molar-refractivity contribution in [1.82, 2.24) is 0 Å². The summed E-state index contributed by atoms with van der Waals surface area (Å²) in [6.07, 6.45) is 0. The maximum atomic E-state index is 10.1. The molecule has 0 fully saturated rings. The number of anilines is 2. The summed E-state index contributed by atoms with van der Waals surface area (Å²) in [7, 11) is 0. The van der Waals surface area contributed by atoms with Gasteiger partial charge in [0.15, 0.2) is 0 Å². The van der Waals surface area contributed by atoms with Gasteiger partial charge in [0.1, 0.15) is 5.69 Å². The highest BCUT2D eigenvalue weighted by atomic mass is 16.6. The second-order valence-electron chi connectivity index (χ2n) is 2.40. The summed E-state index contributed by atoms with van der Waals surface area (Å²) in [6, 6.07) is 4.68. The van der Waals surface area contributed by atoms with Crippen molar-refractivity contribution in [3.8, 4) is 0 Å². The van der Waals surface area contributed by atoms with Crippen LogP contribution in [0.1, 0.15) is 6.92 Å². The first-order valence-electron chi connectivity index (χ1n) is 3.88. The van der Waals surface area contributed by atoms with Gasteiger partial charge in [0.25, 0.3) is 0 Å². The molecule has 0 radical (unpaired) electrons. The van der Waals surface area contributed by atoms with E-state index in [1.807, 2.05) is 6.92 Å². The monoisotopic (exact) mass is 181 g/mol. The van der Waals surface area contributed by atoms with E-state index in [4.69, 9.17) is 10.6 Å². The van der Waals surface area contributed by atoms with Crippen LogP contribution in [-0.4, -0.2) is 6.61 Å². The highest BCUT2D eigenvalue weighted by Gasteiger charge is 1.99. The molecule has 1 aromatic rings. The molecule has 0 aliphatic heterocycles. The van der Waals surface area contributed by atoms with Crippen molar-refractivity contribution in [2.45, 2.75) is 6.92 Å². The van der Waals surface area contributed by atoms with E-state index < -0.39 is 0 Å². The SMILES string of the molecule is CCONc1ccc(N=O)cc1N. The third-order valence-corrected chi connectivity index (χ3v) is 1.47. The highest BCUT2D eigenvalue weighted by molar-refractivity contribution is 5.69. The van der Waals surface area contributed by atoms with Crippen LogP contribution in [0.4, 0.5) is 17.1 Å². The van der Waals surface area contributed by atoms with Crippen LogP contribution in [0.15, 0.2) is 23.4 Å². The first kappa shape index (κ1) is 9.47. The lowest BCUT2D eigenvalue weighted by molar-refractivity contribution is 0.211. The lowest BCUT2D eigenvalue weighted by Crippen LogP contribution is -2.02. The molecule has 5 nitrogen and oxygen atoms in total. The second-order valence-corrected chi connectivity index (χ2v) is 2.40. The van der Waals surface area contributed by atoms with E-state index in [1.54, 1.807) is 12.1 Å². The fraction of sp³-hybridized carbons (Fsp3) is 0.250. The van der Waals surface area contributed by atoms with Crippen LogP contribution in [0.5, 0.6) is 0 Å². The van der Waals surface area contributed by atoms with Crippen molar-refractivity contribution < 1.29 is 4.84 Å². The Labute approximate surface area is 75.8 Å². The Hall–Kier alpha value is -1.62. The highest BCUT2D eigenvalue weighted by Crippen LogP contribution is 2.24. The molecule has 0 saturated carbocycles. The number of hydrogen-bond acceptors (Lipinski definition) is 5. The molecule has 5 heteroatoms. The molecule has 3 N–H and O–H groups in total. The van der Waals surface area contributed by atoms with Gasteiger partial charge in [0, 0.05) is 0 Å². The summed E-state index contributed by atoms with van der Waals surface area (Å²) in [5.41, 5.74) is 9.62. The largest absolute Gasteiger partial charge is 0.397 e. The van der Waals surface area contributed by atoms with Crippen molar-refractivity contribution >= 4 is 17.1 Å². The zero-order valence-corrected chi connectivity index (χ0v) is 7.28. The van der Waals surface area contributed by atoms with Gasteiger partial charge < -0.3 is 5.73 Å². The number of nitrogens with one attached hydrogen (secondary N) is 1. The van der Waals surface area contributed by atoms with E-state index in [9.17, 15) is 4.91 Å². The lowest BCUT2D eigenvalue weighted by Gasteiger charge is -2.07. The number of hydrogen-bond donors (Lipinski definition) is 2. The van der Waals surface area contributed by atoms with Gasteiger partial charge in [-0.05, 0) is 30.3 Å². The van der Waals surface area contributed by atoms with Crippen molar-refractivity contribution in [2.75, 3.05) is 17.8 Å². The average Bonchev–Trinajstić information content (AvgIpc) is 2.16. The zero-order chi connectivity index (χ0) is 9.68. The van der Waals surface area contributed by atoms with E-state index in [-0.39, 0.29) is 0 Å². The Morgan fingerprint density at radius 1 is 1.62 bits per heavy atom. The number of nitrogens with two attached hydrogens (primary N) is 1. The van der Waals surface area contributed by atoms with E-state index in [0.717, 1.165) is 0 Å². The summed E-state index contributed by atoms with van der Waals surface area (Å²) < 4.78 is 0. The van der Waals surface area contributed by atoms with Gasteiger partial charge in [-0.1, -0.05) is 0 Å². The second kappa shape index (κ2) is 4.42. The summed E-state index contributed by atoms with van der Waals surface area (Å²) in [5.74, 6) is 0. The Morgan fingerprint density at radius 2 is 2.38 bits per heavy atom. The Kier molecular flexibility index (Phi) is 3.22. The van der Waals surface area contributed by atoms with E-state index in [1.165, 1.54) is 6.07 Å². The predicted octanol–water partition coefficient (Wildman–Crippen LogP) is 2.03. The van der Waals surface area contributed by atoms with Gasteiger partial charge >= 0.3 is 0 Å². The number of nitrogen functional groups attached to an aromatic ring is 1. The molecule has 0 aromatic heterocycles. The van der Waals surface area contributed by atoms with Crippen LogP contribution >= 0.6 is 0 Å². The first-order valence-corrected chi connectivity index (χ1v) is 3.88. The van der Waals surface area contributed by atoms with Gasteiger partial charge in [0.05, 0.1) is 18.0 Å². The molecule has 1 rings (SSSR count). The topological polar surface area (TPSA) is 76.7 Å². The minimum Gasteiger partial charge on any atom is -0.397 e. The summed E-state index contributed by atoms with van der Waals surface area (Å²) in [4.78, 5) is 15.1. The maximum Gasteiger partial charge on any atom is 0.110 e. The molecule has 0 heterocycles. The quantitative estimate of drug-likeness (QED) is 0.423. The lowest BCUT2D eigenvalue weighted by atomic mass is 10.2. The van der Waals surface area contributed by atoms with Crippen molar-refractivity contribution in [2.24, 2.45) is 5.18 Å². The fourth-order valence-corrected chi connectivity index (χ4v) is 0.850. The Morgan fingerprint density at radius 3 is 2.92 bits per heavy atom. The molecule has 0 spiro atoms. The third-order valence-electron chi connectivity index (χ3n) is 1.47.